The molecule has 1 unspecified atom stereocenters. The normalized spacial score (nSPS) is 18.5. The lowest BCUT2D eigenvalue weighted by atomic mass is 9.62. The molecule has 1 saturated carbocycles. The van der Waals surface area contributed by atoms with Crippen LogP contribution in [-0.4, -0.2) is 15.1 Å². The third-order valence-electron chi connectivity index (χ3n) is 4.34. The molecule has 0 spiro atoms. The molecule has 2 aromatic rings. The Balaban J connectivity index is 1.93. The fourth-order valence-corrected chi connectivity index (χ4v) is 2.90. The van der Waals surface area contributed by atoms with Crippen LogP contribution in [0.2, 0.25) is 0 Å². The zero-order valence-electron chi connectivity index (χ0n) is 11.7. The quantitative estimate of drug-likeness (QED) is 0.941. The first-order valence-corrected chi connectivity index (χ1v) is 7.06. The molecule has 0 amide bonds. The minimum absolute atomic E-state index is 0.491. The highest BCUT2D eigenvalue weighted by Gasteiger charge is 2.47. The van der Waals surface area contributed by atoms with Gasteiger partial charge in [0.2, 0.25) is 0 Å². The second kappa shape index (κ2) is 5.35. The highest BCUT2D eigenvalue weighted by Crippen LogP contribution is 2.51. The van der Waals surface area contributed by atoms with Gasteiger partial charge in [-0.15, -0.1) is 0 Å². The lowest BCUT2D eigenvalue weighted by Gasteiger charge is -2.44. The number of rotatable bonds is 3. The highest BCUT2D eigenvalue weighted by molar-refractivity contribution is 5.29. The summed E-state index contributed by atoms with van der Waals surface area (Å²) in [6, 6.07) is 7.63. The Morgan fingerprint density at radius 1 is 1.09 bits per heavy atom. The molecule has 0 aliphatic heterocycles. The summed E-state index contributed by atoms with van der Waals surface area (Å²) < 4.78 is 37.9. The second-order valence-electron chi connectivity index (χ2n) is 5.60. The van der Waals surface area contributed by atoms with Gasteiger partial charge in [0.1, 0.15) is 6.10 Å². The molecule has 0 bridgehead atoms. The molecular weight excluding hydrogens is 293 g/mol. The first kappa shape index (κ1) is 15.0. The van der Waals surface area contributed by atoms with Crippen molar-refractivity contribution < 1.29 is 18.3 Å². The molecule has 1 atom stereocenters. The van der Waals surface area contributed by atoms with Crippen LogP contribution >= 0.6 is 0 Å². The van der Waals surface area contributed by atoms with E-state index in [9.17, 15) is 18.3 Å². The van der Waals surface area contributed by atoms with Crippen molar-refractivity contribution >= 4 is 0 Å². The third-order valence-corrected chi connectivity index (χ3v) is 4.34. The first-order valence-electron chi connectivity index (χ1n) is 7.06. The monoisotopic (exact) mass is 308 g/mol. The number of aromatic nitrogens is 2. The molecule has 3 nitrogen and oxygen atoms in total. The van der Waals surface area contributed by atoms with Crippen molar-refractivity contribution in [2.75, 3.05) is 0 Å². The van der Waals surface area contributed by atoms with E-state index < -0.39 is 23.3 Å². The van der Waals surface area contributed by atoms with Gasteiger partial charge in [-0.1, -0.05) is 12.5 Å². The number of nitrogens with zero attached hydrogens (tertiary/aromatic N) is 2. The Labute approximate surface area is 125 Å². The Hall–Kier alpha value is -1.95. The molecule has 1 fully saturated rings. The SMILES string of the molecule is OC(c1ccccn1)C1(c2ccc(C(F)(F)F)cn2)CCC1. The predicted octanol–water partition coefficient (Wildman–Crippen LogP) is 3.65. The molecule has 1 N–H and O–H groups in total. The van der Waals surface area contributed by atoms with Crippen molar-refractivity contribution in [3.05, 3.63) is 59.7 Å². The van der Waals surface area contributed by atoms with Gasteiger partial charge >= 0.3 is 6.18 Å². The van der Waals surface area contributed by atoms with E-state index in [2.05, 4.69) is 9.97 Å². The minimum atomic E-state index is -4.40. The molecule has 116 valence electrons. The second-order valence-corrected chi connectivity index (χ2v) is 5.60. The Morgan fingerprint density at radius 2 is 1.86 bits per heavy atom. The van der Waals surface area contributed by atoms with Crippen LogP contribution in [0.5, 0.6) is 0 Å². The van der Waals surface area contributed by atoms with Crippen molar-refractivity contribution in [3.8, 4) is 0 Å². The van der Waals surface area contributed by atoms with Gasteiger partial charge in [0.05, 0.1) is 11.3 Å². The Kier molecular flexibility index (Phi) is 3.64. The minimum Gasteiger partial charge on any atom is -0.386 e. The standard InChI is InChI=1S/C16H15F3N2O/c17-16(18,19)11-5-6-13(21-10-11)15(7-3-8-15)14(22)12-4-1-2-9-20-12/h1-2,4-6,9-10,14,22H,3,7-8H2. The van der Waals surface area contributed by atoms with Gasteiger partial charge in [-0.05, 0) is 37.1 Å². The van der Waals surface area contributed by atoms with E-state index in [-0.39, 0.29) is 0 Å². The van der Waals surface area contributed by atoms with Gasteiger partial charge < -0.3 is 5.11 Å². The number of alkyl halides is 3. The predicted molar refractivity (Wildman–Crippen MR) is 74.0 cm³/mol. The van der Waals surface area contributed by atoms with Crippen LogP contribution in [0, 0.1) is 0 Å². The summed E-state index contributed by atoms with van der Waals surface area (Å²) in [4.78, 5) is 8.13. The molecule has 3 rings (SSSR count). The topological polar surface area (TPSA) is 46.0 Å². The number of aliphatic hydroxyl groups excluding tert-OH is 1. The van der Waals surface area contributed by atoms with Gasteiger partial charge in [-0.3, -0.25) is 9.97 Å². The third kappa shape index (κ3) is 2.47. The van der Waals surface area contributed by atoms with Crippen LogP contribution < -0.4 is 0 Å². The van der Waals surface area contributed by atoms with Gasteiger partial charge in [-0.25, -0.2) is 0 Å². The summed E-state index contributed by atoms with van der Waals surface area (Å²) in [7, 11) is 0. The maximum Gasteiger partial charge on any atom is 0.417 e. The lowest BCUT2D eigenvalue weighted by Crippen LogP contribution is -2.41. The lowest BCUT2D eigenvalue weighted by molar-refractivity contribution is -0.137. The molecule has 0 saturated heterocycles. The average Bonchev–Trinajstić information content (AvgIpc) is 2.46. The Bertz CT molecular complexity index is 637. The molecule has 22 heavy (non-hydrogen) atoms. The molecular formula is C16H15F3N2O. The number of hydrogen-bond donors (Lipinski definition) is 1. The largest absolute Gasteiger partial charge is 0.417 e. The van der Waals surface area contributed by atoms with Gasteiger partial charge in [-0.2, -0.15) is 13.2 Å². The van der Waals surface area contributed by atoms with E-state index >= 15 is 0 Å². The summed E-state index contributed by atoms with van der Waals surface area (Å²) in [5.41, 5.74) is -0.412. The smallest absolute Gasteiger partial charge is 0.386 e. The maximum atomic E-state index is 12.6. The first-order chi connectivity index (χ1) is 10.4. The van der Waals surface area contributed by atoms with Crippen LogP contribution in [0.25, 0.3) is 0 Å². The zero-order chi connectivity index (χ0) is 15.8. The molecule has 0 radical (unpaired) electrons. The van der Waals surface area contributed by atoms with Gasteiger partial charge in [0.25, 0.3) is 0 Å². The fraction of sp³-hybridized carbons (Fsp3) is 0.375. The number of pyridine rings is 2. The van der Waals surface area contributed by atoms with Crippen LogP contribution in [0.4, 0.5) is 13.2 Å². The highest BCUT2D eigenvalue weighted by atomic mass is 19.4. The summed E-state index contributed by atoms with van der Waals surface area (Å²) in [6.07, 6.45) is -0.575. The number of halogens is 3. The summed E-state index contributed by atoms with van der Waals surface area (Å²) >= 11 is 0. The van der Waals surface area contributed by atoms with Crippen molar-refractivity contribution in [1.82, 2.24) is 9.97 Å². The molecule has 2 heterocycles. The van der Waals surface area contributed by atoms with Crippen molar-refractivity contribution in [3.63, 3.8) is 0 Å². The van der Waals surface area contributed by atoms with E-state index in [4.69, 9.17) is 0 Å². The van der Waals surface area contributed by atoms with Gasteiger partial charge in [0, 0.05) is 23.5 Å². The van der Waals surface area contributed by atoms with E-state index in [1.165, 1.54) is 6.07 Å². The summed E-state index contributed by atoms with van der Waals surface area (Å²) in [6.45, 7) is 0. The van der Waals surface area contributed by atoms with E-state index in [1.54, 1.807) is 24.4 Å². The van der Waals surface area contributed by atoms with E-state index in [0.29, 0.717) is 24.2 Å². The molecule has 1 aliphatic carbocycles. The summed E-state index contributed by atoms with van der Waals surface area (Å²) in [5, 5.41) is 10.6. The van der Waals surface area contributed by atoms with Crippen LogP contribution in [0.1, 0.15) is 42.3 Å². The molecule has 1 aliphatic rings. The molecule has 2 aromatic heterocycles. The van der Waals surface area contributed by atoms with Gasteiger partial charge in [0.15, 0.2) is 0 Å². The van der Waals surface area contributed by atoms with Crippen molar-refractivity contribution in [2.24, 2.45) is 0 Å². The molecule has 6 heteroatoms. The maximum absolute atomic E-state index is 12.6. The zero-order valence-corrected chi connectivity index (χ0v) is 11.7. The average molecular weight is 308 g/mol. The Morgan fingerprint density at radius 3 is 2.32 bits per heavy atom. The number of aliphatic hydroxyl groups is 1. The van der Waals surface area contributed by atoms with Crippen molar-refractivity contribution in [1.29, 1.82) is 0 Å². The van der Waals surface area contributed by atoms with E-state index in [1.807, 2.05) is 0 Å². The summed E-state index contributed by atoms with van der Waals surface area (Å²) in [5.74, 6) is 0. The van der Waals surface area contributed by atoms with Crippen LogP contribution in [-0.2, 0) is 11.6 Å². The van der Waals surface area contributed by atoms with E-state index in [0.717, 1.165) is 18.7 Å². The van der Waals surface area contributed by atoms with Crippen LogP contribution in [0.3, 0.4) is 0 Å². The molecule has 0 aromatic carbocycles. The van der Waals surface area contributed by atoms with Crippen molar-refractivity contribution in [2.45, 2.75) is 37.0 Å². The van der Waals surface area contributed by atoms with Crippen LogP contribution in [0.15, 0.2) is 42.7 Å². The number of hydrogen-bond acceptors (Lipinski definition) is 3. The fourth-order valence-electron chi connectivity index (χ4n) is 2.90.